The van der Waals surface area contributed by atoms with Crippen molar-refractivity contribution >= 4 is 5.97 Å². The first-order chi connectivity index (χ1) is 12.2. The van der Waals surface area contributed by atoms with Gasteiger partial charge in [-0.25, -0.2) is 9.48 Å². The highest BCUT2D eigenvalue weighted by atomic mass is 16.5. The summed E-state index contributed by atoms with van der Waals surface area (Å²) in [4.78, 5) is 12.1. The van der Waals surface area contributed by atoms with Crippen LogP contribution < -0.4 is 4.74 Å². The molecule has 1 aliphatic heterocycles. The predicted molar refractivity (Wildman–Crippen MR) is 90.9 cm³/mol. The lowest BCUT2D eigenvalue weighted by molar-refractivity contribution is 0.0519. The fraction of sp³-hybridized carbons (Fsp3) is 0.278. The number of esters is 1. The third-order valence-electron chi connectivity index (χ3n) is 4.10. The number of aryl methyl sites for hydroxylation is 1. The van der Waals surface area contributed by atoms with Gasteiger partial charge in [0.25, 0.3) is 0 Å². The third-order valence-corrected chi connectivity index (χ3v) is 4.10. The molecular formula is C18H18N4O3. The molecule has 3 heterocycles. The minimum atomic E-state index is -0.442. The van der Waals surface area contributed by atoms with Crippen molar-refractivity contribution in [2.75, 3.05) is 13.2 Å². The summed E-state index contributed by atoms with van der Waals surface area (Å²) < 4.78 is 14.0. The first-order valence-electron chi connectivity index (χ1n) is 8.19. The maximum absolute atomic E-state index is 12.1. The largest absolute Gasteiger partial charge is 0.493 e. The number of rotatable bonds is 4. The molecule has 7 heteroatoms. The zero-order valence-electron chi connectivity index (χ0n) is 14.1. The summed E-state index contributed by atoms with van der Waals surface area (Å²) >= 11 is 0. The molecule has 0 fully saturated rings. The van der Waals surface area contributed by atoms with Gasteiger partial charge in [0.05, 0.1) is 18.9 Å². The van der Waals surface area contributed by atoms with Crippen molar-refractivity contribution in [3.8, 4) is 22.8 Å². The van der Waals surface area contributed by atoms with Crippen LogP contribution in [0, 0.1) is 0 Å². The van der Waals surface area contributed by atoms with Gasteiger partial charge in [0.2, 0.25) is 0 Å². The normalized spacial score (nSPS) is 12.7. The Balaban J connectivity index is 1.83. The van der Waals surface area contributed by atoms with Crippen molar-refractivity contribution in [1.29, 1.82) is 0 Å². The van der Waals surface area contributed by atoms with E-state index in [-0.39, 0.29) is 5.69 Å². The highest BCUT2D eigenvalue weighted by Crippen LogP contribution is 2.31. The first-order valence-corrected chi connectivity index (χ1v) is 8.19. The van der Waals surface area contributed by atoms with Crippen LogP contribution in [0.2, 0.25) is 0 Å². The number of hydrogen-bond donors (Lipinski definition) is 0. The van der Waals surface area contributed by atoms with Crippen molar-refractivity contribution in [3.05, 3.63) is 47.8 Å². The zero-order chi connectivity index (χ0) is 17.4. The fourth-order valence-corrected chi connectivity index (χ4v) is 2.93. The molecule has 2 aromatic heterocycles. The lowest BCUT2D eigenvalue weighted by Crippen LogP contribution is -2.07. The Morgan fingerprint density at radius 2 is 2.16 bits per heavy atom. The van der Waals surface area contributed by atoms with Crippen LogP contribution in [-0.2, 0) is 18.2 Å². The maximum Gasteiger partial charge on any atom is 0.358 e. The topological polar surface area (TPSA) is 71.2 Å². The van der Waals surface area contributed by atoms with Crippen LogP contribution in [0.25, 0.3) is 17.1 Å². The molecule has 0 amide bonds. The van der Waals surface area contributed by atoms with Crippen LogP contribution in [-0.4, -0.2) is 38.7 Å². The minimum Gasteiger partial charge on any atom is -0.493 e. The van der Waals surface area contributed by atoms with E-state index in [0.717, 1.165) is 29.0 Å². The fourth-order valence-electron chi connectivity index (χ4n) is 2.93. The van der Waals surface area contributed by atoms with Crippen molar-refractivity contribution < 1.29 is 14.3 Å². The molecule has 4 rings (SSSR count). The maximum atomic E-state index is 12.1. The Bertz CT molecular complexity index is 942. The van der Waals surface area contributed by atoms with E-state index < -0.39 is 5.97 Å². The summed E-state index contributed by atoms with van der Waals surface area (Å²) in [7, 11) is 1.84. The molecule has 0 spiro atoms. The number of carbonyl (C=O) groups excluding carboxylic acids is 1. The monoisotopic (exact) mass is 338 g/mol. The molecular weight excluding hydrogens is 320 g/mol. The van der Waals surface area contributed by atoms with Crippen molar-refractivity contribution in [2.45, 2.75) is 13.3 Å². The van der Waals surface area contributed by atoms with Gasteiger partial charge in [-0.2, -0.15) is 10.2 Å². The van der Waals surface area contributed by atoms with Gasteiger partial charge in [-0.1, -0.05) is 0 Å². The number of benzene rings is 1. The van der Waals surface area contributed by atoms with E-state index in [4.69, 9.17) is 9.47 Å². The van der Waals surface area contributed by atoms with Crippen LogP contribution in [0.5, 0.6) is 5.75 Å². The SMILES string of the molecule is CCOC(=O)c1cc(-c2ccc3c(c2)CCO3)n(-c2ccn(C)n2)n1. The van der Waals surface area contributed by atoms with Crippen LogP contribution in [0.1, 0.15) is 23.0 Å². The van der Waals surface area contributed by atoms with E-state index in [1.807, 2.05) is 31.4 Å². The van der Waals surface area contributed by atoms with E-state index in [9.17, 15) is 4.79 Å². The highest BCUT2D eigenvalue weighted by molar-refractivity contribution is 5.89. The number of fused-ring (bicyclic) bond motifs is 1. The number of hydrogen-bond acceptors (Lipinski definition) is 5. The van der Waals surface area contributed by atoms with Gasteiger partial charge in [0.15, 0.2) is 11.5 Å². The average Bonchev–Trinajstić information content (AvgIpc) is 3.32. The molecule has 25 heavy (non-hydrogen) atoms. The van der Waals surface area contributed by atoms with E-state index in [1.54, 1.807) is 22.4 Å². The van der Waals surface area contributed by atoms with Crippen LogP contribution in [0.15, 0.2) is 36.5 Å². The molecule has 128 valence electrons. The lowest BCUT2D eigenvalue weighted by Gasteiger charge is -2.06. The van der Waals surface area contributed by atoms with E-state index in [1.165, 1.54) is 0 Å². The molecule has 0 saturated carbocycles. The molecule has 0 atom stereocenters. The molecule has 0 bridgehead atoms. The molecule has 0 N–H and O–H groups in total. The zero-order valence-corrected chi connectivity index (χ0v) is 14.1. The Hall–Kier alpha value is -3.09. The second kappa shape index (κ2) is 6.08. The Kier molecular flexibility index (Phi) is 3.76. The summed E-state index contributed by atoms with van der Waals surface area (Å²) in [6.07, 6.45) is 2.72. The molecule has 1 aliphatic rings. The van der Waals surface area contributed by atoms with Crippen LogP contribution >= 0.6 is 0 Å². The molecule has 0 saturated heterocycles. The number of carbonyl (C=O) groups is 1. The lowest BCUT2D eigenvalue weighted by atomic mass is 10.1. The quantitative estimate of drug-likeness (QED) is 0.683. The van der Waals surface area contributed by atoms with Crippen molar-refractivity contribution in [1.82, 2.24) is 19.6 Å². The van der Waals surface area contributed by atoms with Crippen LogP contribution in [0.3, 0.4) is 0 Å². The van der Waals surface area contributed by atoms with Gasteiger partial charge >= 0.3 is 5.97 Å². The molecule has 7 nitrogen and oxygen atoms in total. The molecule has 0 radical (unpaired) electrons. The van der Waals surface area contributed by atoms with Gasteiger partial charge in [-0.15, -0.1) is 0 Å². The average molecular weight is 338 g/mol. The predicted octanol–water partition coefficient (Wildman–Crippen LogP) is 2.38. The number of ether oxygens (including phenoxy) is 2. The molecule has 0 aliphatic carbocycles. The second-order valence-electron chi connectivity index (χ2n) is 5.82. The third kappa shape index (κ3) is 2.77. The standard InChI is InChI=1S/C18H18N4O3/c1-3-24-18(23)14-11-15(22(19-14)17-6-8-21(2)20-17)12-4-5-16-13(10-12)7-9-25-16/h4-6,8,10-11H,3,7,9H2,1-2H3. The van der Waals surface area contributed by atoms with Gasteiger partial charge in [-0.3, -0.25) is 4.68 Å². The smallest absolute Gasteiger partial charge is 0.358 e. The summed E-state index contributed by atoms with van der Waals surface area (Å²) in [5, 5.41) is 8.82. The van der Waals surface area contributed by atoms with Gasteiger partial charge in [0.1, 0.15) is 5.75 Å². The molecule has 1 aromatic carbocycles. The number of aromatic nitrogens is 4. The van der Waals surface area contributed by atoms with Crippen LogP contribution in [0.4, 0.5) is 0 Å². The van der Waals surface area contributed by atoms with E-state index in [0.29, 0.717) is 19.0 Å². The van der Waals surface area contributed by atoms with Crippen molar-refractivity contribution in [2.24, 2.45) is 7.05 Å². The van der Waals surface area contributed by atoms with Crippen molar-refractivity contribution in [3.63, 3.8) is 0 Å². The van der Waals surface area contributed by atoms with Gasteiger partial charge in [0, 0.05) is 31.3 Å². The Morgan fingerprint density at radius 3 is 2.92 bits per heavy atom. The highest BCUT2D eigenvalue weighted by Gasteiger charge is 2.20. The second-order valence-corrected chi connectivity index (χ2v) is 5.82. The van der Waals surface area contributed by atoms with E-state index >= 15 is 0 Å². The summed E-state index contributed by atoms with van der Waals surface area (Å²) in [6.45, 7) is 2.78. The number of nitrogens with zero attached hydrogens (tertiary/aromatic N) is 4. The van der Waals surface area contributed by atoms with E-state index in [2.05, 4.69) is 16.3 Å². The molecule has 0 unspecified atom stereocenters. The summed E-state index contributed by atoms with van der Waals surface area (Å²) in [5.74, 6) is 1.12. The summed E-state index contributed by atoms with van der Waals surface area (Å²) in [6, 6.07) is 9.59. The summed E-state index contributed by atoms with van der Waals surface area (Å²) in [5.41, 5.74) is 3.16. The first kappa shape index (κ1) is 15.4. The van der Waals surface area contributed by atoms with Gasteiger partial charge in [-0.05, 0) is 36.8 Å². The minimum absolute atomic E-state index is 0.263. The molecule has 3 aromatic rings. The Labute approximate surface area is 144 Å². The van der Waals surface area contributed by atoms with Gasteiger partial charge < -0.3 is 9.47 Å². The Morgan fingerprint density at radius 1 is 1.28 bits per heavy atom.